The Morgan fingerprint density at radius 3 is 2.17 bits per heavy atom. The molecule has 0 aliphatic heterocycles. The van der Waals surface area contributed by atoms with Crippen LogP contribution in [-0.4, -0.2) is 38.4 Å². The molecule has 29 heavy (non-hydrogen) atoms. The smallest absolute Gasteiger partial charge is 0.306 e. The molecule has 0 bridgehead atoms. The van der Waals surface area contributed by atoms with E-state index in [1.54, 1.807) is 20.3 Å². The Balaban J connectivity index is 2.26. The second kappa shape index (κ2) is 10.8. The van der Waals surface area contributed by atoms with Gasteiger partial charge in [-0.1, -0.05) is 24.3 Å². The van der Waals surface area contributed by atoms with Crippen LogP contribution in [0.25, 0.3) is 12.2 Å². The van der Waals surface area contributed by atoms with Crippen LogP contribution in [0.4, 0.5) is 0 Å². The molecule has 2 aromatic rings. The standard InChI is InChI=1S/C22H24O7/c1-26-17-8-5-15(6-9-17)4-7-16-12-18(27-2)13-20(28-3)19(16)14-29-22(25)11-10-21(23)24/h4-9,12-13H,10-11,14H2,1-3H3,(H,23,24). The molecule has 0 saturated carbocycles. The molecule has 0 saturated heterocycles. The molecule has 154 valence electrons. The molecule has 0 atom stereocenters. The normalized spacial score (nSPS) is 10.6. The molecule has 0 fully saturated rings. The van der Waals surface area contributed by atoms with E-state index >= 15 is 0 Å². The van der Waals surface area contributed by atoms with E-state index in [4.69, 9.17) is 24.1 Å². The van der Waals surface area contributed by atoms with Gasteiger partial charge in [-0.15, -0.1) is 0 Å². The number of hydrogen-bond donors (Lipinski definition) is 1. The lowest BCUT2D eigenvalue weighted by molar-refractivity contribution is -0.148. The monoisotopic (exact) mass is 400 g/mol. The van der Waals surface area contributed by atoms with Crippen LogP contribution in [0.1, 0.15) is 29.5 Å². The first-order chi connectivity index (χ1) is 14.0. The third kappa shape index (κ3) is 6.57. The summed E-state index contributed by atoms with van der Waals surface area (Å²) in [5.74, 6) is 0.226. The number of benzene rings is 2. The highest BCUT2D eigenvalue weighted by Gasteiger charge is 2.14. The Hall–Kier alpha value is -3.48. The highest BCUT2D eigenvalue weighted by Crippen LogP contribution is 2.31. The summed E-state index contributed by atoms with van der Waals surface area (Å²) in [4.78, 5) is 22.4. The fraction of sp³-hybridized carbons (Fsp3) is 0.273. The highest BCUT2D eigenvalue weighted by atomic mass is 16.5. The van der Waals surface area contributed by atoms with Crippen molar-refractivity contribution in [2.45, 2.75) is 19.4 Å². The van der Waals surface area contributed by atoms with E-state index in [0.29, 0.717) is 17.1 Å². The molecule has 2 aromatic carbocycles. The van der Waals surface area contributed by atoms with Gasteiger partial charge in [0.2, 0.25) is 0 Å². The highest BCUT2D eigenvalue weighted by molar-refractivity contribution is 5.77. The summed E-state index contributed by atoms with van der Waals surface area (Å²) in [6.45, 7) is -0.0477. The van der Waals surface area contributed by atoms with Crippen molar-refractivity contribution in [1.82, 2.24) is 0 Å². The van der Waals surface area contributed by atoms with Crippen LogP contribution in [0.2, 0.25) is 0 Å². The number of carboxylic acids is 1. The molecular weight excluding hydrogens is 376 g/mol. The van der Waals surface area contributed by atoms with Crippen LogP contribution in [0.3, 0.4) is 0 Å². The Morgan fingerprint density at radius 2 is 1.59 bits per heavy atom. The number of esters is 1. The molecule has 0 unspecified atom stereocenters. The molecule has 0 aromatic heterocycles. The molecule has 0 spiro atoms. The van der Waals surface area contributed by atoms with E-state index in [0.717, 1.165) is 16.9 Å². The van der Waals surface area contributed by atoms with Crippen LogP contribution < -0.4 is 14.2 Å². The molecule has 7 heteroatoms. The number of aliphatic carboxylic acids is 1. The lowest BCUT2D eigenvalue weighted by atomic mass is 10.0. The van der Waals surface area contributed by atoms with Gasteiger partial charge in [0.05, 0.1) is 34.2 Å². The predicted molar refractivity (Wildman–Crippen MR) is 108 cm³/mol. The molecule has 1 N–H and O–H groups in total. The molecule has 0 aliphatic carbocycles. The van der Waals surface area contributed by atoms with Gasteiger partial charge in [0, 0.05) is 11.6 Å². The first-order valence-electron chi connectivity index (χ1n) is 8.91. The van der Waals surface area contributed by atoms with Gasteiger partial charge in [0.1, 0.15) is 23.9 Å². The Bertz CT molecular complexity index is 869. The fourth-order valence-corrected chi connectivity index (χ4v) is 2.58. The Labute approximate surface area is 169 Å². The van der Waals surface area contributed by atoms with E-state index < -0.39 is 11.9 Å². The SMILES string of the molecule is COc1ccc(C=Cc2cc(OC)cc(OC)c2COC(=O)CCC(=O)O)cc1. The van der Waals surface area contributed by atoms with E-state index in [-0.39, 0.29) is 19.4 Å². The lowest BCUT2D eigenvalue weighted by Crippen LogP contribution is -2.09. The third-order valence-electron chi connectivity index (χ3n) is 4.16. The van der Waals surface area contributed by atoms with Gasteiger partial charge in [-0.2, -0.15) is 0 Å². The minimum atomic E-state index is -1.05. The second-order valence-electron chi connectivity index (χ2n) is 6.06. The molecule has 0 heterocycles. The molecule has 7 nitrogen and oxygen atoms in total. The van der Waals surface area contributed by atoms with E-state index in [2.05, 4.69) is 0 Å². The van der Waals surface area contributed by atoms with Gasteiger partial charge in [0.25, 0.3) is 0 Å². The first-order valence-corrected chi connectivity index (χ1v) is 8.91. The van der Waals surface area contributed by atoms with Crippen molar-refractivity contribution in [2.75, 3.05) is 21.3 Å². The summed E-state index contributed by atoms with van der Waals surface area (Å²) in [5.41, 5.74) is 2.36. The fourth-order valence-electron chi connectivity index (χ4n) is 2.58. The minimum absolute atomic E-state index is 0.0477. The number of carbonyl (C=O) groups is 2. The second-order valence-corrected chi connectivity index (χ2v) is 6.06. The predicted octanol–water partition coefficient (Wildman–Crippen LogP) is 3.79. The summed E-state index contributed by atoms with van der Waals surface area (Å²) < 4.78 is 21.1. The summed E-state index contributed by atoms with van der Waals surface area (Å²) in [6, 6.07) is 11.1. The van der Waals surface area contributed by atoms with Crippen molar-refractivity contribution in [3.63, 3.8) is 0 Å². The molecule has 0 aliphatic rings. The number of ether oxygens (including phenoxy) is 4. The maximum absolute atomic E-state index is 11.8. The molecular formula is C22H24O7. The summed E-state index contributed by atoms with van der Waals surface area (Å²) >= 11 is 0. The summed E-state index contributed by atoms with van der Waals surface area (Å²) in [7, 11) is 4.68. The molecule has 0 amide bonds. The topological polar surface area (TPSA) is 91.3 Å². The Kier molecular flexibility index (Phi) is 8.09. The summed E-state index contributed by atoms with van der Waals surface area (Å²) in [6.07, 6.45) is 3.31. The van der Waals surface area contributed by atoms with Gasteiger partial charge < -0.3 is 24.1 Å². The Morgan fingerprint density at radius 1 is 0.897 bits per heavy atom. The maximum Gasteiger partial charge on any atom is 0.306 e. The molecule has 2 rings (SSSR count). The van der Waals surface area contributed by atoms with Crippen LogP contribution in [0.5, 0.6) is 17.2 Å². The van der Waals surface area contributed by atoms with Gasteiger partial charge in [0.15, 0.2) is 0 Å². The van der Waals surface area contributed by atoms with E-state index in [9.17, 15) is 9.59 Å². The van der Waals surface area contributed by atoms with Crippen LogP contribution in [-0.2, 0) is 20.9 Å². The number of carboxylic acid groups (broad SMARTS) is 1. The van der Waals surface area contributed by atoms with Crippen molar-refractivity contribution in [3.05, 3.63) is 53.1 Å². The van der Waals surface area contributed by atoms with Crippen molar-refractivity contribution >= 4 is 24.1 Å². The largest absolute Gasteiger partial charge is 0.497 e. The quantitative estimate of drug-likeness (QED) is 0.479. The van der Waals surface area contributed by atoms with Gasteiger partial charge in [-0.25, -0.2) is 0 Å². The van der Waals surface area contributed by atoms with E-state index in [1.165, 1.54) is 7.11 Å². The van der Waals surface area contributed by atoms with Crippen molar-refractivity contribution in [3.8, 4) is 17.2 Å². The van der Waals surface area contributed by atoms with Crippen LogP contribution >= 0.6 is 0 Å². The number of rotatable bonds is 10. The zero-order valence-electron chi connectivity index (χ0n) is 16.6. The van der Waals surface area contributed by atoms with Gasteiger partial charge in [-0.05, 0) is 29.3 Å². The minimum Gasteiger partial charge on any atom is -0.497 e. The average molecular weight is 400 g/mol. The number of methoxy groups -OCH3 is 3. The van der Waals surface area contributed by atoms with E-state index in [1.807, 2.05) is 42.5 Å². The lowest BCUT2D eigenvalue weighted by Gasteiger charge is -2.14. The first kappa shape index (κ1) is 21.8. The van der Waals surface area contributed by atoms with Crippen molar-refractivity contribution in [1.29, 1.82) is 0 Å². The average Bonchev–Trinajstić information content (AvgIpc) is 2.74. The summed E-state index contributed by atoms with van der Waals surface area (Å²) in [5, 5.41) is 8.68. The van der Waals surface area contributed by atoms with Gasteiger partial charge in [-0.3, -0.25) is 9.59 Å². The van der Waals surface area contributed by atoms with Crippen LogP contribution in [0, 0.1) is 0 Å². The number of hydrogen-bond acceptors (Lipinski definition) is 6. The van der Waals surface area contributed by atoms with Gasteiger partial charge >= 0.3 is 11.9 Å². The number of carbonyl (C=O) groups excluding carboxylic acids is 1. The zero-order chi connectivity index (χ0) is 21.2. The van der Waals surface area contributed by atoms with Crippen LogP contribution in [0.15, 0.2) is 36.4 Å². The maximum atomic E-state index is 11.8. The molecule has 0 radical (unpaired) electrons. The van der Waals surface area contributed by atoms with Crippen molar-refractivity contribution in [2.24, 2.45) is 0 Å². The third-order valence-corrected chi connectivity index (χ3v) is 4.16. The van der Waals surface area contributed by atoms with Crippen molar-refractivity contribution < 1.29 is 33.6 Å². The zero-order valence-corrected chi connectivity index (χ0v) is 16.6.